The van der Waals surface area contributed by atoms with E-state index in [-0.39, 0.29) is 0 Å². The summed E-state index contributed by atoms with van der Waals surface area (Å²) in [4.78, 5) is 20.4. The maximum absolute atomic E-state index is 12.3. The lowest BCUT2D eigenvalue weighted by Gasteiger charge is -2.27. The van der Waals surface area contributed by atoms with Gasteiger partial charge in [0.25, 0.3) is 0 Å². The molecule has 3 rings (SSSR count). The van der Waals surface area contributed by atoms with Crippen molar-refractivity contribution < 1.29 is 20.1 Å². The van der Waals surface area contributed by atoms with Crippen LogP contribution < -0.4 is 5.32 Å². The average molecular weight is 453 g/mol. The molecule has 0 radical (unpaired) electrons. The van der Waals surface area contributed by atoms with Gasteiger partial charge in [0.15, 0.2) is 0 Å². The number of pyridine rings is 2. The van der Waals surface area contributed by atoms with Crippen molar-refractivity contribution in [2.45, 2.75) is 5.54 Å². The minimum absolute atomic E-state index is 0.577. The number of carbonyl (C=O) groups excluding carboxylic acids is 1. The maximum Gasteiger partial charge on any atom is 0.244 e. The Hall–Kier alpha value is -4.27. The van der Waals surface area contributed by atoms with E-state index in [2.05, 4.69) is 39.0 Å². The summed E-state index contributed by atoms with van der Waals surface area (Å²) in [6, 6.07) is 12.8. The van der Waals surface area contributed by atoms with Gasteiger partial charge in [-0.15, -0.1) is 0 Å². The lowest BCUT2D eigenvalue weighted by atomic mass is 10.0. The first kappa shape index (κ1) is 24.4. The fraction of sp³-hybridized carbons (Fsp3) is 0.148. The molecule has 0 saturated carbocycles. The zero-order valence-electron chi connectivity index (χ0n) is 18.3. The van der Waals surface area contributed by atoms with Crippen molar-refractivity contribution in [1.29, 1.82) is 0 Å². The second-order valence-electron chi connectivity index (χ2n) is 7.40. The Balaban J connectivity index is 1.91. The number of amides is 1. The van der Waals surface area contributed by atoms with E-state index in [1.807, 2.05) is 18.2 Å². The molecular formula is C27H23N3O4. The Morgan fingerprint density at radius 2 is 1.32 bits per heavy atom. The van der Waals surface area contributed by atoms with E-state index in [0.29, 0.717) is 16.7 Å². The lowest BCUT2D eigenvalue weighted by molar-refractivity contribution is -0.120. The number of nitrogens with one attached hydrogen (secondary N) is 1. The summed E-state index contributed by atoms with van der Waals surface area (Å²) in [6.45, 7) is -1.81. The number of aromatic nitrogens is 2. The average Bonchev–Trinajstić information content (AvgIpc) is 2.89. The first-order valence-corrected chi connectivity index (χ1v) is 10.4. The number of rotatable bonds is 6. The van der Waals surface area contributed by atoms with E-state index in [4.69, 9.17) is 0 Å². The van der Waals surface area contributed by atoms with Crippen molar-refractivity contribution >= 4 is 12.0 Å². The molecule has 7 nitrogen and oxygen atoms in total. The van der Waals surface area contributed by atoms with E-state index in [9.17, 15) is 20.1 Å². The molecule has 2 heterocycles. The third kappa shape index (κ3) is 7.13. The highest BCUT2D eigenvalue weighted by Crippen LogP contribution is 2.12. The van der Waals surface area contributed by atoms with Crippen LogP contribution in [0.4, 0.5) is 0 Å². The van der Waals surface area contributed by atoms with Crippen LogP contribution in [0, 0.1) is 23.7 Å². The minimum Gasteiger partial charge on any atom is -0.394 e. The summed E-state index contributed by atoms with van der Waals surface area (Å²) in [7, 11) is 0. The van der Waals surface area contributed by atoms with Gasteiger partial charge in [-0.05, 0) is 54.1 Å². The Morgan fingerprint density at radius 1 is 0.824 bits per heavy atom. The molecule has 3 aromatic rings. The smallest absolute Gasteiger partial charge is 0.244 e. The Kier molecular flexibility index (Phi) is 8.67. The number of nitrogens with zero attached hydrogens (tertiary/aromatic N) is 2. The molecule has 34 heavy (non-hydrogen) atoms. The zero-order chi connectivity index (χ0) is 24.2. The zero-order valence-corrected chi connectivity index (χ0v) is 18.3. The van der Waals surface area contributed by atoms with E-state index in [0.717, 1.165) is 11.1 Å². The van der Waals surface area contributed by atoms with Gasteiger partial charge in [0.2, 0.25) is 5.91 Å². The van der Waals surface area contributed by atoms with Crippen molar-refractivity contribution in [2.75, 3.05) is 19.8 Å². The molecule has 0 aliphatic rings. The van der Waals surface area contributed by atoms with Gasteiger partial charge in [0.1, 0.15) is 5.54 Å². The van der Waals surface area contributed by atoms with Crippen LogP contribution in [-0.2, 0) is 4.79 Å². The first-order valence-electron chi connectivity index (χ1n) is 10.4. The SMILES string of the molecule is O=C(/C=C/c1cc(C#Cc2cccnc2)cc(C#Cc2cccnc2)c1)NC(CO)(CO)CO. The van der Waals surface area contributed by atoms with E-state index in [1.165, 1.54) is 6.08 Å². The minimum atomic E-state index is -1.50. The van der Waals surface area contributed by atoms with Gasteiger partial charge in [-0.2, -0.15) is 0 Å². The Labute approximate surface area is 197 Å². The van der Waals surface area contributed by atoms with E-state index < -0.39 is 31.3 Å². The summed E-state index contributed by atoms with van der Waals surface area (Å²) in [6.07, 6.45) is 9.50. The molecule has 170 valence electrons. The third-order valence-electron chi connectivity index (χ3n) is 4.70. The van der Waals surface area contributed by atoms with Gasteiger partial charge in [-0.3, -0.25) is 14.8 Å². The van der Waals surface area contributed by atoms with Gasteiger partial charge < -0.3 is 20.6 Å². The fourth-order valence-electron chi connectivity index (χ4n) is 2.80. The van der Waals surface area contributed by atoms with Crippen molar-refractivity contribution in [3.8, 4) is 23.7 Å². The van der Waals surface area contributed by atoms with Gasteiger partial charge in [0, 0.05) is 53.1 Å². The highest BCUT2D eigenvalue weighted by molar-refractivity contribution is 5.92. The second-order valence-corrected chi connectivity index (χ2v) is 7.40. The topological polar surface area (TPSA) is 116 Å². The molecule has 7 heteroatoms. The second kappa shape index (κ2) is 12.1. The monoisotopic (exact) mass is 453 g/mol. The van der Waals surface area contributed by atoms with Gasteiger partial charge in [-0.1, -0.05) is 23.7 Å². The number of hydrogen-bond acceptors (Lipinski definition) is 6. The lowest BCUT2D eigenvalue weighted by Crippen LogP contribution is -2.56. The molecule has 1 amide bonds. The van der Waals surface area contributed by atoms with Crippen molar-refractivity contribution in [1.82, 2.24) is 15.3 Å². The van der Waals surface area contributed by atoms with Gasteiger partial charge in [0.05, 0.1) is 19.8 Å². The quantitative estimate of drug-likeness (QED) is 0.329. The predicted octanol–water partition coefficient (Wildman–Crippen LogP) is 1.12. The van der Waals surface area contributed by atoms with Crippen LogP contribution in [0.15, 0.2) is 73.3 Å². The molecule has 0 unspecified atom stereocenters. The molecule has 0 atom stereocenters. The molecule has 0 bridgehead atoms. The molecule has 2 aromatic heterocycles. The number of benzene rings is 1. The highest BCUT2D eigenvalue weighted by Gasteiger charge is 2.29. The van der Waals surface area contributed by atoms with Crippen LogP contribution in [0.2, 0.25) is 0 Å². The normalized spacial score (nSPS) is 10.7. The maximum atomic E-state index is 12.3. The first-order chi connectivity index (χ1) is 16.6. The number of aliphatic hydroxyl groups excluding tert-OH is 3. The van der Waals surface area contributed by atoms with Crippen LogP contribution in [-0.4, -0.2) is 56.6 Å². The number of hydrogen-bond donors (Lipinski definition) is 4. The molecule has 1 aromatic carbocycles. The molecule has 0 aliphatic carbocycles. The van der Waals surface area contributed by atoms with Crippen molar-refractivity contribution in [3.05, 3.63) is 101 Å². The van der Waals surface area contributed by atoms with Gasteiger partial charge in [-0.25, -0.2) is 0 Å². The summed E-state index contributed by atoms with van der Waals surface area (Å²) in [5, 5.41) is 30.6. The van der Waals surface area contributed by atoms with Crippen LogP contribution in [0.3, 0.4) is 0 Å². The molecule has 4 N–H and O–H groups in total. The predicted molar refractivity (Wildman–Crippen MR) is 128 cm³/mol. The summed E-state index contributed by atoms with van der Waals surface area (Å²) < 4.78 is 0. The standard InChI is InChI=1S/C27H23N3O4/c31-18-27(19-32,20-33)30-26(34)10-9-25-14-23(7-5-21-3-1-11-28-16-21)13-24(15-25)8-6-22-4-2-12-29-17-22/h1-4,9-17,31-33H,18-20H2,(H,30,34)/b10-9+. The van der Waals surface area contributed by atoms with Crippen LogP contribution in [0.25, 0.3) is 6.08 Å². The largest absolute Gasteiger partial charge is 0.394 e. The number of carbonyl (C=O) groups is 1. The third-order valence-corrected chi connectivity index (χ3v) is 4.70. The fourth-order valence-corrected chi connectivity index (χ4v) is 2.80. The summed E-state index contributed by atoms with van der Waals surface area (Å²) >= 11 is 0. The number of aliphatic hydroxyl groups is 3. The molecule has 0 aliphatic heterocycles. The summed E-state index contributed by atoms with van der Waals surface area (Å²) in [5.74, 6) is 11.7. The van der Waals surface area contributed by atoms with Crippen LogP contribution in [0.1, 0.15) is 27.8 Å². The molecule has 0 spiro atoms. The Morgan fingerprint density at radius 3 is 1.76 bits per heavy atom. The molecule has 0 saturated heterocycles. The highest BCUT2D eigenvalue weighted by atomic mass is 16.3. The Bertz CT molecular complexity index is 1180. The van der Waals surface area contributed by atoms with Crippen LogP contribution in [0.5, 0.6) is 0 Å². The summed E-state index contributed by atoms with van der Waals surface area (Å²) in [5.41, 5.74) is 2.08. The molecule has 0 fully saturated rings. The van der Waals surface area contributed by atoms with E-state index in [1.54, 1.807) is 55.1 Å². The van der Waals surface area contributed by atoms with Crippen molar-refractivity contribution in [2.24, 2.45) is 0 Å². The van der Waals surface area contributed by atoms with Crippen molar-refractivity contribution in [3.63, 3.8) is 0 Å². The molecular weight excluding hydrogens is 430 g/mol. The van der Waals surface area contributed by atoms with E-state index >= 15 is 0 Å². The van der Waals surface area contributed by atoms with Gasteiger partial charge >= 0.3 is 0 Å². The van der Waals surface area contributed by atoms with Crippen LogP contribution >= 0.6 is 0 Å².